The fourth-order valence-corrected chi connectivity index (χ4v) is 2.34. The van der Waals surface area contributed by atoms with Crippen LogP contribution in [0.3, 0.4) is 0 Å². The van der Waals surface area contributed by atoms with Crippen molar-refractivity contribution in [1.82, 2.24) is 15.5 Å². The molecule has 0 atom stereocenters. The van der Waals surface area contributed by atoms with Crippen LogP contribution < -0.4 is 10.6 Å². The molecule has 0 heterocycles. The molecule has 2 N–H and O–H groups in total. The zero-order valence-corrected chi connectivity index (χ0v) is 17.8. The summed E-state index contributed by atoms with van der Waals surface area (Å²) in [5.41, 5.74) is 2.62. The van der Waals surface area contributed by atoms with E-state index in [1.807, 2.05) is 6.92 Å². The Balaban J connectivity index is 0.00000529. The monoisotopic (exact) mass is 448 g/mol. The van der Waals surface area contributed by atoms with Crippen molar-refractivity contribution >= 4 is 29.9 Å². The number of nitrogens with zero attached hydrogens (tertiary/aromatic N) is 2. The highest BCUT2D eigenvalue weighted by Crippen LogP contribution is 2.08. The van der Waals surface area contributed by atoms with Gasteiger partial charge < -0.3 is 15.4 Å². The highest BCUT2D eigenvalue weighted by Gasteiger charge is 2.03. The molecule has 0 aliphatic rings. The summed E-state index contributed by atoms with van der Waals surface area (Å²) in [4.78, 5) is 6.65. The molecule has 5 nitrogen and oxygen atoms in total. The Kier molecular flexibility index (Phi) is 14.0. The molecule has 0 saturated carbocycles. The van der Waals surface area contributed by atoms with Gasteiger partial charge in [-0.2, -0.15) is 0 Å². The van der Waals surface area contributed by atoms with Crippen molar-refractivity contribution in [3.05, 3.63) is 35.4 Å². The van der Waals surface area contributed by atoms with E-state index in [0.29, 0.717) is 6.61 Å². The Hall–Kier alpha value is -0.860. The molecule has 0 saturated heterocycles. The predicted molar refractivity (Wildman–Crippen MR) is 113 cm³/mol. The van der Waals surface area contributed by atoms with E-state index in [1.54, 1.807) is 7.05 Å². The lowest BCUT2D eigenvalue weighted by Gasteiger charge is -2.18. The summed E-state index contributed by atoms with van der Waals surface area (Å²) in [6.45, 7) is 12.5. The molecular formula is C18H33IN4O. The molecule has 0 radical (unpaired) electrons. The number of nitrogens with one attached hydrogen (secondary N) is 2. The summed E-state index contributed by atoms with van der Waals surface area (Å²) in [5.74, 6) is 0.804. The molecule has 138 valence electrons. The molecule has 0 unspecified atom stereocenters. The van der Waals surface area contributed by atoms with Crippen molar-refractivity contribution in [2.24, 2.45) is 4.99 Å². The lowest BCUT2D eigenvalue weighted by molar-refractivity contribution is 0.152. The lowest BCUT2D eigenvalue weighted by atomic mass is 10.1. The molecule has 0 aliphatic heterocycles. The van der Waals surface area contributed by atoms with Crippen molar-refractivity contribution in [3.63, 3.8) is 0 Å². The highest BCUT2D eigenvalue weighted by atomic mass is 127. The molecule has 0 aromatic heterocycles. The Labute approximate surface area is 164 Å². The third-order valence-corrected chi connectivity index (χ3v) is 3.72. The fraction of sp³-hybridized carbons (Fsp3) is 0.611. The van der Waals surface area contributed by atoms with Crippen LogP contribution in [0.1, 0.15) is 31.9 Å². The van der Waals surface area contributed by atoms with Crippen LogP contribution >= 0.6 is 24.0 Å². The first kappa shape index (κ1) is 23.1. The number of halogens is 1. The molecular weight excluding hydrogens is 415 g/mol. The minimum atomic E-state index is 0. The Morgan fingerprint density at radius 2 is 1.83 bits per heavy atom. The van der Waals surface area contributed by atoms with E-state index in [4.69, 9.17) is 4.74 Å². The third kappa shape index (κ3) is 9.44. The van der Waals surface area contributed by atoms with Gasteiger partial charge in [-0.15, -0.1) is 24.0 Å². The van der Waals surface area contributed by atoms with Crippen LogP contribution in [0, 0.1) is 0 Å². The average molecular weight is 448 g/mol. The van der Waals surface area contributed by atoms with E-state index < -0.39 is 0 Å². The number of benzene rings is 1. The number of guanidine groups is 1. The fourth-order valence-electron chi connectivity index (χ4n) is 2.34. The van der Waals surface area contributed by atoms with Gasteiger partial charge in [-0.05, 0) is 31.1 Å². The summed E-state index contributed by atoms with van der Waals surface area (Å²) in [6.07, 6.45) is 0. The van der Waals surface area contributed by atoms with Gasteiger partial charge in [-0.3, -0.25) is 9.89 Å². The number of rotatable bonds is 10. The first-order chi connectivity index (χ1) is 11.2. The van der Waals surface area contributed by atoms with E-state index in [0.717, 1.165) is 45.3 Å². The first-order valence-electron chi connectivity index (χ1n) is 8.55. The molecule has 0 spiro atoms. The maximum Gasteiger partial charge on any atom is 0.191 e. The van der Waals surface area contributed by atoms with Gasteiger partial charge in [0.1, 0.15) is 0 Å². The molecule has 6 heteroatoms. The number of ether oxygens (including phenoxy) is 1. The van der Waals surface area contributed by atoms with E-state index in [9.17, 15) is 0 Å². The van der Waals surface area contributed by atoms with Gasteiger partial charge in [0, 0.05) is 33.3 Å². The van der Waals surface area contributed by atoms with E-state index in [2.05, 4.69) is 58.6 Å². The number of aliphatic imine (C=N–C) groups is 1. The van der Waals surface area contributed by atoms with Gasteiger partial charge in [0.2, 0.25) is 0 Å². The Morgan fingerprint density at radius 1 is 1.12 bits per heavy atom. The number of hydrogen-bond donors (Lipinski definition) is 2. The van der Waals surface area contributed by atoms with E-state index in [1.165, 1.54) is 11.1 Å². The summed E-state index contributed by atoms with van der Waals surface area (Å²) in [6, 6.07) is 8.73. The SMILES string of the molecule is CCOCCNC(=NC)NCc1cccc(CN(CC)CC)c1.I. The zero-order chi connectivity index (χ0) is 16.9. The van der Waals surface area contributed by atoms with E-state index in [-0.39, 0.29) is 24.0 Å². The Bertz CT molecular complexity index is 464. The zero-order valence-electron chi connectivity index (χ0n) is 15.5. The smallest absolute Gasteiger partial charge is 0.191 e. The second kappa shape index (κ2) is 14.5. The van der Waals surface area contributed by atoms with Crippen LogP contribution in [0.5, 0.6) is 0 Å². The van der Waals surface area contributed by atoms with Crippen LogP contribution in [0.4, 0.5) is 0 Å². The lowest BCUT2D eigenvalue weighted by Crippen LogP contribution is -2.38. The van der Waals surface area contributed by atoms with Crippen LogP contribution in [-0.4, -0.2) is 50.8 Å². The summed E-state index contributed by atoms with van der Waals surface area (Å²) in [7, 11) is 1.78. The van der Waals surface area contributed by atoms with Gasteiger partial charge in [0.15, 0.2) is 5.96 Å². The molecule has 1 aromatic carbocycles. The minimum absolute atomic E-state index is 0. The van der Waals surface area contributed by atoms with Crippen LogP contribution in [0.15, 0.2) is 29.3 Å². The van der Waals surface area contributed by atoms with Crippen LogP contribution in [-0.2, 0) is 17.8 Å². The van der Waals surface area contributed by atoms with Crippen molar-refractivity contribution in [2.45, 2.75) is 33.9 Å². The second-order valence-electron chi connectivity index (χ2n) is 5.33. The van der Waals surface area contributed by atoms with Crippen LogP contribution in [0.2, 0.25) is 0 Å². The second-order valence-corrected chi connectivity index (χ2v) is 5.33. The van der Waals surface area contributed by atoms with E-state index >= 15 is 0 Å². The first-order valence-corrected chi connectivity index (χ1v) is 8.55. The average Bonchev–Trinajstić information content (AvgIpc) is 2.59. The molecule has 0 fully saturated rings. The number of hydrogen-bond acceptors (Lipinski definition) is 3. The van der Waals surface area contributed by atoms with Gasteiger partial charge in [0.05, 0.1) is 6.61 Å². The largest absolute Gasteiger partial charge is 0.380 e. The van der Waals surface area contributed by atoms with Gasteiger partial charge >= 0.3 is 0 Å². The standard InChI is InChI=1S/C18H32N4O.HI/c1-5-22(6-2)15-17-10-8-9-16(13-17)14-21-18(19-4)20-11-12-23-7-3;/h8-10,13H,5-7,11-12,14-15H2,1-4H3,(H2,19,20,21);1H. The topological polar surface area (TPSA) is 48.9 Å². The third-order valence-electron chi connectivity index (χ3n) is 3.72. The maximum atomic E-state index is 5.32. The van der Waals surface area contributed by atoms with Gasteiger partial charge in [-0.25, -0.2) is 0 Å². The van der Waals surface area contributed by atoms with Gasteiger partial charge in [0.25, 0.3) is 0 Å². The molecule has 0 aliphatic carbocycles. The maximum absolute atomic E-state index is 5.32. The van der Waals surface area contributed by atoms with Crippen molar-refractivity contribution in [1.29, 1.82) is 0 Å². The van der Waals surface area contributed by atoms with Crippen molar-refractivity contribution in [2.75, 3.05) is 39.9 Å². The Morgan fingerprint density at radius 3 is 2.46 bits per heavy atom. The normalized spacial score (nSPS) is 11.3. The summed E-state index contributed by atoms with van der Waals surface area (Å²) in [5, 5.41) is 6.59. The quantitative estimate of drug-likeness (QED) is 0.250. The predicted octanol–water partition coefficient (Wildman–Crippen LogP) is 2.85. The van der Waals surface area contributed by atoms with Crippen LogP contribution in [0.25, 0.3) is 0 Å². The minimum Gasteiger partial charge on any atom is -0.380 e. The summed E-state index contributed by atoms with van der Waals surface area (Å²) < 4.78 is 5.32. The summed E-state index contributed by atoms with van der Waals surface area (Å²) >= 11 is 0. The van der Waals surface area contributed by atoms with Crippen molar-refractivity contribution in [3.8, 4) is 0 Å². The highest BCUT2D eigenvalue weighted by molar-refractivity contribution is 14.0. The molecule has 0 bridgehead atoms. The molecule has 0 amide bonds. The molecule has 1 aromatic rings. The van der Waals surface area contributed by atoms with Crippen molar-refractivity contribution < 1.29 is 4.74 Å². The molecule has 24 heavy (non-hydrogen) atoms. The molecule has 1 rings (SSSR count). The van der Waals surface area contributed by atoms with Gasteiger partial charge in [-0.1, -0.05) is 38.1 Å².